The van der Waals surface area contributed by atoms with Crippen molar-refractivity contribution < 1.29 is 19.1 Å². The minimum absolute atomic E-state index is 0.0801. The molecule has 32 heavy (non-hydrogen) atoms. The highest BCUT2D eigenvalue weighted by Crippen LogP contribution is 2.30. The van der Waals surface area contributed by atoms with Gasteiger partial charge >= 0.3 is 0 Å². The lowest BCUT2D eigenvalue weighted by atomic mass is 10.0. The highest BCUT2D eigenvalue weighted by atomic mass is 16.5. The standard InChI is InChI=1S/C26H30N2O4/c1-4-31-23-14-13-20(15-24(23)32-5-2)18(3)28-26(30)17-27-25(29)16-21-11-8-10-19-9-6-7-12-22(19)21/h6-15,18H,4-5,16-17H2,1-3H3,(H,27,29)(H,28,30). The van der Waals surface area contributed by atoms with Crippen LogP contribution in [0.25, 0.3) is 10.8 Å². The van der Waals surface area contributed by atoms with Crippen molar-refractivity contribution in [3.05, 3.63) is 71.8 Å². The summed E-state index contributed by atoms with van der Waals surface area (Å²) >= 11 is 0. The van der Waals surface area contributed by atoms with Gasteiger partial charge in [0.25, 0.3) is 0 Å². The zero-order valence-electron chi connectivity index (χ0n) is 18.8. The van der Waals surface area contributed by atoms with Crippen molar-refractivity contribution >= 4 is 22.6 Å². The molecule has 6 nitrogen and oxygen atoms in total. The van der Waals surface area contributed by atoms with Gasteiger partial charge in [-0.2, -0.15) is 0 Å². The maximum absolute atomic E-state index is 12.4. The lowest BCUT2D eigenvalue weighted by Gasteiger charge is -2.18. The van der Waals surface area contributed by atoms with E-state index in [9.17, 15) is 9.59 Å². The van der Waals surface area contributed by atoms with Crippen LogP contribution in [-0.2, 0) is 16.0 Å². The number of carbonyl (C=O) groups is 2. The molecule has 0 saturated heterocycles. The normalized spacial score (nSPS) is 11.6. The summed E-state index contributed by atoms with van der Waals surface area (Å²) < 4.78 is 11.2. The number of carbonyl (C=O) groups excluding carboxylic acids is 2. The molecule has 0 saturated carbocycles. The summed E-state index contributed by atoms with van der Waals surface area (Å²) in [5, 5.41) is 7.76. The SMILES string of the molecule is CCOc1ccc(C(C)NC(=O)CNC(=O)Cc2cccc3ccccc23)cc1OCC. The van der Waals surface area contributed by atoms with Gasteiger partial charge in [-0.3, -0.25) is 9.59 Å². The van der Waals surface area contributed by atoms with E-state index in [2.05, 4.69) is 10.6 Å². The van der Waals surface area contributed by atoms with Crippen LogP contribution in [0, 0.1) is 0 Å². The second-order valence-electron chi connectivity index (χ2n) is 7.45. The first-order valence-electron chi connectivity index (χ1n) is 10.9. The Hall–Kier alpha value is -3.54. The number of hydrogen-bond acceptors (Lipinski definition) is 4. The van der Waals surface area contributed by atoms with E-state index in [0.29, 0.717) is 24.7 Å². The van der Waals surface area contributed by atoms with E-state index in [1.54, 1.807) is 0 Å². The topological polar surface area (TPSA) is 76.7 Å². The minimum Gasteiger partial charge on any atom is -0.490 e. The molecule has 0 spiro atoms. The van der Waals surface area contributed by atoms with Gasteiger partial charge < -0.3 is 20.1 Å². The average molecular weight is 435 g/mol. The van der Waals surface area contributed by atoms with E-state index < -0.39 is 0 Å². The number of amides is 2. The molecular formula is C26H30N2O4. The third-order valence-electron chi connectivity index (χ3n) is 5.12. The molecule has 168 valence electrons. The Bertz CT molecular complexity index is 1080. The zero-order valence-corrected chi connectivity index (χ0v) is 18.8. The highest BCUT2D eigenvalue weighted by Gasteiger charge is 2.14. The number of nitrogens with one attached hydrogen (secondary N) is 2. The Morgan fingerprint density at radius 2 is 1.59 bits per heavy atom. The third kappa shape index (κ3) is 6.00. The van der Waals surface area contributed by atoms with Gasteiger partial charge in [0.05, 0.1) is 32.2 Å². The van der Waals surface area contributed by atoms with Crippen LogP contribution in [0.5, 0.6) is 11.5 Å². The van der Waals surface area contributed by atoms with Crippen LogP contribution in [0.3, 0.4) is 0 Å². The van der Waals surface area contributed by atoms with Gasteiger partial charge in [-0.15, -0.1) is 0 Å². The van der Waals surface area contributed by atoms with Crippen LogP contribution in [0.1, 0.15) is 37.9 Å². The van der Waals surface area contributed by atoms with E-state index in [0.717, 1.165) is 21.9 Å². The van der Waals surface area contributed by atoms with Crippen molar-refractivity contribution in [2.75, 3.05) is 19.8 Å². The average Bonchev–Trinajstić information content (AvgIpc) is 2.79. The first-order chi connectivity index (χ1) is 15.5. The molecule has 0 heterocycles. The van der Waals surface area contributed by atoms with E-state index in [-0.39, 0.29) is 30.8 Å². The number of benzene rings is 3. The second-order valence-corrected chi connectivity index (χ2v) is 7.45. The Kier molecular flexibility index (Phi) is 8.08. The number of fused-ring (bicyclic) bond motifs is 1. The lowest BCUT2D eigenvalue weighted by Crippen LogP contribution is -2.38. The number of hydrogen-bond donors (Lipinski definition) is 2. The first kappa shape index (κ1) is 23.1. The Morgan fingerprint density at radius 3 is 2.38 bits per heavy atom. The van der Waals surface area contributed by atoms with Crippen molar-refractivity contribution in [3.63, 3.8) is 0 Å². The number of rotatable bonds is 10. The maximum Gasteiger partial charge on any atom is 0.239 e. The van der Waals surface area contributed by atoms with E-state index in [4.69, 9.17) is 9.47 Å². The van der Waals surface area contributed by atoms with Gasteiger partial charge in [-0.25, -0.2) is 0 Å². The summed E-state index contributed by atoms with van der Waals surface area (Å²) in [5.41, 5.74) is 1.83. The number of ether oxygens (including phenoxy) is 2. The van der Waals surface area contributed by atoms with Crippen LogP contribution in [-0.4, -0.2) is 31.6 Å². The van der Waals surface area contributed by atoms with E-state index in [1.807, 2.05) is 81.4 Å². The van der Waals surface area contributed by atoms with Gasteiger partial charge in [0.1, 0.15) is 0 Å². The molecule has 0 aliphatic heterocycles. The molecule has 6 heteroatoms. The molecule has 0 aromatic heterocycles. The largest absolute Gasteiger partial charge is 0.490 e. The quantitative estimate of drug-likeness (QED) is 0.502. The second kappa shape index (κ2) is 11.2. The fourth-order valence-electron chi connectivity index (χ4n) is 3.57. The summed E-state index contributed by atoms with van der Waals surface area (Å²) in [6, 6.07) is 19.2. The summed E-state index contributed by atoms with van der Waals surface area (Å²) in [4.78, 5) is 24.8. The van der Waals surface area contributed by atoms with Crippen molar-refractivity contribution in [2.24, 2.45) is 0 Å². The van der Waals surface area contributed by atoms with Gasteiger partial charge in [-0.05, 0) is 54.8 Å². The molecule has 3 rings (SSSR count). The van der Waals surface area contributed by atoms with Crippen molar-refractivity contribution in [1.82, 2.24) is 10.6 Å². The summed E-state index contributed by atoms with van der Waals surface area (Å²) in [5.74, 6) is 0.883. The highest BCUT2D eigenvalue weighted by molar-refractivity contribution is 5.91. The summed E-state index contributed by atoms with van der Waals surface area (Å²) in [6.45, 7) is 6.71. The minimum atomic E-state index is -0.254. The molecule has 2 N–H and O–H groups in total. The monoisotopic (exact) mass is 434 g/mol. The van der Waals surface area contributed by atoms with E-state index >= 15 is 0 Å². The van der Waals surface area contributed by atoms with Crippen LogP contribution >= 0.6 is 0 Å². The van der Waals surface area contributed by atoms with Gasteiger partial charge in [0, 0.05) is 0 Å². The van der Waals surface area contributed by atoms with Crippen molar-refractivity contribution in [2.45, 2.75) is 33.2 Å². The van der Waals surface area contributed by atoms with Gasteiger partial charge in [0.2, 0.25) is 11.8 Å². The Balaban J connectivity index is 1.55. The summed E-state index contributed by atoms with van der Waals surface area (Å²) in [7, 11) is 0. The predicted octanol–water partition coefficient (Wildman–Crippen LogP) is 4.17. The maximum atomic E-state index is 12.4. The molecule has 2 amide bonds. The zero-order chi connectivity index (χ0) is 22.9. The molecule has 3 aromatic carbocycles. The van der Waals surface area contributed by atoms with Crippen LogP contribution in [0.2, 0.25) is 0 Å². The van der Waals surface area contributed by atoms with Gasteiger partial charge in [0.15, 0.2) is 11.5 Å². The smallest absolute Gasteiger partial charge is 0.239 e. The Morgan fingerprint density at radius 1 is 0.875 bits per heavy atom. The lowest BCUT2D eigenvalue weighted by molar-refractivity contribution is -0.126. The molecule has 0 aliphatic rings. The van der Waals surface area contributed by atoms with Crippen LogP contribution < -0.4 is 20.1 Å². The molecule has 0 bridgehead atoms. The van der Waals surface area contributed by atoms with Crippen molar-refractivity contribution in [3.8, 4) is 11.5 Å². The fourth-order valence-corrected chi connectivity index (χ4v) is 3.57. The van der Waals surface area contributed by atoms with Crippen LogP contribution in [0.4, 0.5) is 0 Å². The predicted molar refractivity (Wildman–Crippen MR) is 126 cm³/mol. The van der Waals surface area contributed by atoms with Crippen LogP contribution in [0.15, 0.2) is 60.7 Å². The Labute approximate surface area is 188 Å². The molecular weight excluding hydrogens is 404 g/mol. The van der Waals surface area contributed by atoms with E-state index in [1.165, 1.54) is 0 Å². The van der Waals surface area contributed by atoms with Crippen molar-refractivity contribution in [1.29, 1.82) is 0 Å². The first-order valence-corrected chi connectivity index (χ1v) is 10.9. The molecule has 0 aliphatic carbocycles. The van der Waals surface area contributed by atoms with Gasteiger partial charge in [-0.1, -0.05) is 48.5 Å². The molecule has 0 fully saturated rings. The fraction of sp³-hybridized carbons (Fsp3) is 0.308. The third-order valence-corrected chi connectivity index (χ3v) is 5.12. The molecule has 1 atom stereocenters. The summed E-state index contributed by atoms with van der Waals surface area (Å²) in [6.07, 6.45) is 0.223. The molecule has 0 radical (unpaired) electrons. The molecule has 3 aromatic rings. The molecule has 1 unspecified atom stereocenters.